The summed E-state index contributed by atoms with van der Waals surface area (Å²) in [6.45, 7) is 8.12. The fourth-order valence-corrected chi connectivity index (χ4v) is 0.418. The zero-order chi connectivity index (χ0) is 9.28. The molecule has 0 bridgehead atoms. The molecule has 0 aromatic rings. The van der Waals surface area contributed by atoms with E-state index in [0.717, 1.165) is 12.8 Å². The molecule has 2 nitrogen and oxygen atoms in total. The van der Waals surface area contributed by atoms with Gasteiger partial charge in [-0.2, -0.15) is 0 Å². The first kappa shape index (κ1) is 13.5. The maximum atomic E-state index is 8.55. The molecule has 70 valence electrons. The van der Waals surface area contributed by atoms with E-state index in [1.54, 1.807) is 0 Å². The average Bonchev–Trinajstić information content (AvgIpc) is 1.89. The minimum absolute atomic E-state index is 0.102. The van der Waals surface area contributed by atoms with E-state index in [4.69, 9.17) is 10.2 Å². The highest BCUT2D eigenvalue weighted by molar-refractivity contribution is 4.40. The van der Waals surface area contributed by atoms with Gasteiger partial charge in [-0.1, -0.05) is 27.2 Å². The second-order valence-corrected chi connectivity index (χ2v) is 3.21. The third-order valence-electron chi connectivity index (χ3n) is 1.07. The lowest BCUT2D eigenvalue weighted by atomic mass is 10.2. The molecule has 11 heavy (non-hydrogen) atoms. The van der Waals surface area contributed by atoms with Crippen molar-refractivity contribution in [1.82, 2.24) is 0 Å². The highest BCUT2D eigenvalue weighted by atomic mass is 16.3. The van der Waals surface area contributed by atoms with Gasteiger partial charge >= 0.3 is 0 Å². The van der Waals surface area contributed by atoms with Crippen LogP contribution in [0.15, 0.2) is 0 Å². The van der Waals surface area contributed by atoms with Crippen LogP contribution >= 0.6 is 0 Å². The van der Waals surface area contributed by atoms with Crippen LogP contribution in [0.5, 0.6) is 0 Å². The lowest BCUT2D eigenvalue weighted by Crippen LogP contribution is -1.95. The second kappa shape index (κ2) is 9.92. The predicted molar refractivity (Wildman–Crippen MR) is 48.5 cm³/mol. The largest absolute Gasteiger partial charge is 0.396 e. The van der Waals surface area contributed by atoms with Gasteiger partial charge < -0.3 is 10.2 Å². The topological polar surface area (TPSA) is 40.5 Å². The molecule has 0 saturated heterocycles. The lowest BCUT2D eigenvalue weighted by Gasteiger charge is -1.95. The Morgan fingerprint density at radius 1 is 1.18 bits per heavy atom. The van der Waals surface area contributed by atoms with E-state index < -0.39 is 0 Å². The van der Waals surface area contributed by atoms with Crippen LogP contribution in [-0.2, 0) is 0 Å². The maximum Gasteiger partial charge on any atom is 0.0512 e. The van der Waals surface area contributed by atoms with E-state index in [9.17, 15) is 0 Å². The third kappa shape index (κ3) is 25.7. The summed E-state index contributed by atoms with van der Waals surface area (Å²) in [6.07, 6.45) is 1.91. The molecule has 0 radical (unpaired) electrons. The minimum Gasteiger partial charge on any atom is -0.396 e. The molecule has 1 atom stereocenters. The summed E-state index contributed by atoms with van der Waals surface area (Å²) in [5, 5.41) is 16.7. The van der Waals surface area contributed by atoms with Gasteiger partial charge in [0.15, 0.2) is 0 Å². The third-order valence-corrected chi connectivity index (χ3v) is 1.07. The number of hydrogen-bond acceptors (Lipinski definition) is 2. The Balaban J connectivity index is 0. The van der Waals surface area contributed by atoms with Crippen molar-refractivity contribution in [1.29, 1.82) is 0 Å². The van der Waals surface area contributed by atoms with Crippen molar-refractivity contribution in [3.05, 3.63) is 0 Å². The highest BCUT2D eigenvalue weighted by Gasteiger charge is 1.87. The molecule has 0 spiro atoms. The monoisotopic (exact) mass is 162 g/mol. The molecule has 2 N–H and O–H groups in total. The van der Waals surface area contributed by atoms with Crippen LogP contribution in [0, 0.1) is 5.92 Å². The predicted octanol–water partition coefficient (Wildman–Crippen LogP) is 1.80. The zero-order valence-electron chi connectivity index (χ0n) is 8.17. The summed E-state index contributed by atoms with van der Waals surface area (Å²) in [6, 6.07) is 0. The Hall–Kier alpha value is -0.0800. The minimum atomic E-state index is -0.102. The summed E-state index contributed by atoms with van der Waals surface area (Å²) in [5.41, 5.74) is 0. The van der Waals surface area contributed by atoms with E-state index in [-0.39, 0.29) is 6.10 Å². The number of aliphatic hydroxyl groups is 2. The smallest absolute Gasteiger partial charge is 0.0512 e. The highest BCUT2D eigenvalue weighted by Crippen LogP contribution is 1.91. The van der Waals surface area contributed by atoms with Gasteiger partial charge in [-0.05, 0) is 19.3 Å². The van der Waals surface area contributed by atoms with Crippen molar-refractivity contribution in [3.8, 4) is 0 Å². The molecule has 0 saturated carbocycles. The normalized spacial score (nSPS) is 12.3. The Bertz CT molecular complexity index is 60.6. The van der Waals surface area contributed by atoms with Gasteiger partial charge in [-0.25, -0.2) is 0 Å². The summed E-state index contributed by atoms with van der Waals surface area (Å²) < 4.78 is 0. The van der Waals surface area contributed by atoms with Crippen LogP contribution in [-0.4, -0.2) is 22.9 Å². The van der Waals surface area contributed by atoms with Crippen LogP contribution in [0.3, 0.4) is 0 Å². The summed E-state index contributed by atoms with van der Waals surface area (Å²) >= 11 is 0. The molecule has 0 heterocycles. The molecule has 0 fully saturated rings. The van der Waals surface area contributed by atoms with Gasteiger partial charge in [-0.3, -0.25) is 0 Å². The SMILES string of the molecule is CC(C)CO.CCCC(C)O. The summed E-state index contributed by atoms with van der Waals surface area (Å²) in [7, 11) is 0. The Kier molecular flexibility index (Phi) is 12.2. The van der Waals surface area contributed by atoms with Gasteiger partial charge in [0.05, 0.1) is 6.10 Å². The molecule has 2 heteroatoms. The maximum absolute atomic E-state index is 8.55. The Labute approximate surface area is 70.3 Å². The first-order chi connectivity index (χ1) is 5.04. The molecule has 0 aliphatic heterocycles. The molecule has 0 amide bonds. The van der Waals surface area contributed by atoms with Crippen LogP contribution in [0.2, 0.25) is 0 Å². The zero-order valence-corrected chi connectivity index (χ0v) is 8.17. The van der Waals surface area contributed by atoms with Crippen molar-refractivity contribution < 1.29 is 10.2 Å². The Morgan fingerprint density at radius 2 is 1.55 bits per heavy atom. The van der Waals surface area contributed by atoms with Crippen molar-refractivity contribution in [2.24, 2.45) is 5.92 Å². The summed E-state index contributed by atoms with van der Waals surface area (Å²) in [4.78, 5) is 0. The molecule has 0 aromatic heterocycles. The first-order valence-corrected chi connectivity index (χ1v) is 4.33. The molecule has 0 aliphatic rings. The lowest BCUT2D eigenvalue weighted by molar-refractivity contribution is 0.183. The van der Waals surface area contributed by atoms with Crippen LogP contribution in [0.4, 0.5) is 0 Å². The molecular weight excluding hydrogens is 140 g/mol. The Morgan fingerprint density at radius 3 is 1.55 bits per heavy atom. The van der Waals surface area contributed by atoms with Gasteiger partial charge in [-0.15, -0.1) is 0 Å². The van der Waals surface area contributed by atoms with E-state index in [0.29, 0.717) is 12.5 Å². The van der Waals surface area contributed by atoms with Crippen LogP contribution in [0.25, 0.3) is 0 Å². The van der Waals surface area contributed by atoms with Gasteiger partial charge in [0.2, 0.25) is 0 Å². The van der Waals surface area contributed by atoms with Crippen LogP contribution in [0.1, 0.15) is 40.5 Å². The van der Waals surface area contributed by atoms with Crippen molar-refractivity contribution >= 4 is 0 Å². The molecule has 0 aromatic carbocycles. The molecule has 0 rings (SSSR count). The van der Waals surface area contributed by atoms with Crippen molar-refractivity contribution in [3.63, 3.8) is 0 Å². The molecular formula is C9H22O2. The van der Waals surface area contributed by atoms with Gasteiger partial charge in [0.1, 0.15) is 0 Å². The van der Waals surface area contributed by atoms with E-state index in [2.05, 4.69) is 6.92 Å². The first-order valence-electron chi connectivity index (χ1n) is 4.33. The standard InChI is InChI=1S/C5H12O.C4H10O/c1-3-4-5(2)6;1-4(2)3-5/h5-6H,3-4H2,1-2H3;4-5H,3H2,1-2H3. The molecule has 1 unspecified atom stereocenters. The number of aliphatic hydroxyl groups excluding tert-OH is 2. The summed E-state index contributed by atoms with van der Waals surface area (Å²) in [5.74, 6) is 0.440. The van der Waals surface area contributed by atoms with E-state index in [1.807, 2.05) is 20.8 Å². The fourth-order valence-electron chi connectivity index (χ4n) is 0.418. The van der Waals surface area contributed by atoms with Gasteiger partial charge in [0.25, 0.3) is 0 Å². The van der Waals surface area contributed by atoms with E-state index >= 15 is 0 Å². The second-order valence-electron chi connectivity index (χ2n) is 3.21. The van der Waals surface area contributed by atoms with Crippen molar-refractivity contribution in [2.75, 3.05) is 6.61 Å². The average molecular weight is 162 g/mol. The fraction of sp³-hybridized carbons (Fsp3) is 1.00. The molecule has 0 aliphatic carbocycles. The van der Waals surface area contributed by atoms with Gasteiger partial charge in [0, 0.05) is 6.61 Å². The van der Waals surface area contributed by atoms with E-state index in [1.165, 1.54) is 0 Å². The van der Waals surface area contributed by atoms with Crippen LogP contribution < -0.4 is 0 Å². The quantitative estimate of drug-likeness (QED) is 0.664. The number of rotatable bonds is 3. The van der Waals surface area contributed by atoms with Crippen molar-refractivity contribution in [2.45, 2.75) is 46.6 Å². The number of hydrogen-bond donors (Lipinski definition) is 2.